The van der Waals surface area contributed by atoms with Gasteiger partial charge >= 0.3 is 0 Å². The number of halogens is 2. The zero-order valence-corrected chi connectivity index (χ0v) is 11.3. The quantitative estimate of drug-likeness (QED) is 0.850. The van der Waals surface area contributed by atoms with Crippen LogP contribution in [0.5, 0.6) is 0 Å². The van der Waals surface area contributed by atoms with Crippen LogP contribution in [0.25, 0.3) is 0 Å². The summed E-state index contributed by atoms with van der Waals surface area (Å²) in [6.45, 7) is 3.46. The average molecular weight is 300 g/mol. The molecule has 1 N–H and O–H groups in total. The molecule has 4 heteroatoms. The summed E-state index contributed by atoms with van der Waals surface area (Å²) in [5.74, 6) is -0.548. The topological polar surface area (TPSA) is 29.1 Å². The number of hydrogen-bond donors (Lipinski definition) is 1. The van der Waals surface area contributed by atoms with Gasteiger partial charge in [-0.3, -0.25) is 4.79 Å². The lowest BCUT2D eigenvalue weighted by Crippen LogP contribution is -2.43. The Morgan fingerprint density at radius 2 is 2.29 bits per heavy atom. The van der Waals surface area contributed by atoms with Crippen LogP contribution in [0.2, 0.25) is 0 Å². The van der Waals surface area contributed by atoms with Gasteiger partial charge in [-0.1, -0.05) is 22.9 Å². The molecule has 2 nitrogen and oxygen atoms in total. The molecule has 0 aliphatic carbocycles. The maximum atomic E-state index is 13.7. The molecule has 0 aromatic heterocycles. The first-order chi connectivity index (χ1) is 8.03. The number of nitrogens with one attached hydrogen (secondary N) is 1. The molecule has 1 fully saturated rings. The third-order valence-corrected chi connectivity index (χ3v) is 3.81. The van der Waals surface area contributed by atoms with Crippen molar-refractivity contribution >= 4 is 21.7 Å². The van der Waals surface area contributed by atoms with Crippen molar-refractivity contribution in [3.8, 4) is 0 Å². The maximum absolute atomic E-state index is 13.7. The fourth-order valence-corrected chi connectivity index (χ4v) is 2.61. The molecule has 0 bridgehead atoms. The molecule has 1 unspecified atom stereocenters. The molecule has 1 aromatic rings. The van der Waals surface area contributed by atoms with E-state index in [0.29, 0.717) is 6.54 Å². The molecule has 1 aliphatic heterocycles. The SMILES string of the molecule is CC1(C(=O)c2cc(Br)ccc2F)CCCNC1. The van der Waals surface area contributed by atoms with E-state index in [2.05, 4.69) is 21.2 Å². The summed E-state index contributed by atoms with van der Waals surface area (Å²) in [5.41, 5.74) is -0.301. The van der Waals surface area contributed by atoms with Gasteiger partial charge in [-0.05, 0) is 37.6 Å². The molecule has 1 atom stereocenters. The summed E-state index contributed by atoms with van der Waals surface area (Å²) in [6.07, 6.45) is 1.77. The largest absolute Gasteiger partial charge is 0.316 e. The minimum atomic E-state index is -0.486. The van der Waals surface area contributed by atoms with E-state index < -0.39 is 11.2 Å². The lowest BCUT2D eigenvalue weighted by molar-refractivity contribution is 0.0768. The number of benzene rings is 1. The van der Waals surface area contributed by atoms with Crippen LogP contribution in [0.15, 0.2) is 22.7 Å². The first kappa shape index (κ1) is 12.7. The lowest BCUT2D eigenvalue weighted by Gasteiger charge is -2.32. The summed E-state index contributed by atoms with van der Waals surface area (Å²) in [7, 11) is 0. The van der Waals surface area contributed by atoms with Gasteiger partial charge in [0.2, 0.25) is 0 Å². The third-order valence-electron chi connectivity index (χ3n) is 3.32. The van der Waals surface area contributed by atoms with Crippen molar-refractivity contribution in [2.24, 2.45) is 5.41 Å². The normalized spacial score (nSPS) is 24.6. The summed E-state index contributed by atoms with van der Waals surface area (Å²) >= 11 is 3.27. The van der Waals surface area contributed by atoms with E-state index in [1.54, 1.807) is 12.1 Å². The van der Waals surface area contributed by atoms with Gasteiger partial charge in [0.25, 0.3) is 0 Å². The molecule has 0 saturated carbocycles. The molecular weight excluding hydrogens is 285 g/mol. The fraction of sp³-hybridized carbons (Fsp3) is 0.462. The standard InChI is InChI=1S/C13H15BrFNO/c1-13(5-2-6-16-8-13)12(17)10-7-9(14)3-4-11(10)15/h3-4,7,16H,2,5-6,8H2,1H3. The first-order valence-electron chi connectivity index (χ1n) is 5.73. The fourth-order valence-electron chi connectivity index (χ4n) is 2.25. The Hall–Kier alpha value is -0.740. The molecule has 1 heterocycles. The number of carbonyl (C=O) groups excluding carboxylic acids is 1. The Balaban J connectivity index is 2.32. The van der Waals surface area contributed by atoms with Crippen LogP contribution in [0, 0.1) is 11.2 Å². The van der Waals surface area contributed by atoms with Crippen molar-refractivity contribution in [1.29, 1.82) is 0 Å². The summed E-state index contributed by atoms with van der Waals surface area (Å²) in [4.78, 5) is 12.4. The number of rotatable bonds is 2. The minimum absolute atomic E-state index is 0.108. The van der Waals surface area contributed by atoms with E-state index in [1.807, 2.05) is 6.92 Å². The monoisotopic (exact) mass is 299 g/mol. The number of Topliss-reactive ketones (excluding diaryl/α,β-unsaturated/α-hetero) is 1. The second-order valence-electron chi connectivity index (χ2n) is 4.79. The van der Waals surface area contributed by atoms with Crippen molar-refractivity contribution in [3.05, 3.63) is 34.1 Å². The van der Waals surface area contributed by atoms with E-state index in [4.69, 9.17) is 0 Å². The number of ketones is 1. The van der Waals surface area contributed by atoms with Crippen molar-refractivity contribution in [2.45, 2.75) is 19.8 Å². The molecule has 0 radical (unpaired) electrons. The Morgan fingerprint density at radius 3 is 2.94 bits per heavy atom. The molecule has 92 valence electrons. The Morgan fingerprint density at radius 1 is 1.53 bits per heavy atom. The van der Waals surface area contributed by atoms with Crippen LogP contribution < -0.4 is 5.32 Å². The average Bonchev–Trinajstić information content (AvgIpc) is 2.32. The molecule has 1 aromatic carbocycles. The highest BCUT2D eigenvalue weighted by Crippen LogP contribution is 2.31. The van der Waals surface area contributed by atoms with Gasteiger partial charge in [0.15, 0.2) is 5.78 Å². The molecular formula is C13H15BrFNO. The van der Waals surface area contributed by atoms with Gasteiger partial charge in [0, 0.05) is 16.4 Å². The summed E-state index contributed by atoms with van der Waals surface area (Å²) in [6, 6.07) is 4.50. The Bertz CT molecular complexity index is 441. The van der Waals surface area contributed by atoms with Gasteiger partial charge in [-0.2, -0.15) is 0 Å². The van der Waals surface area contributed by atoms with Crippen LogP contribution in [0.4, 0.5) is 4.39 Å². The Labute approximate surface area is 109 Å². The van der Waals surface area contributed by atoms with Crippen LogP contribution in [-0.4, -0.2) is 18.9 Å². The minimum Gasteiger partial charge on any atom is -0.316 e. The zero-order chi connectivity index (χ0) is 12.5. The highest BCUT2D eigenvalue weighted by molar-refractivity contribution is 9.10. The molecule has 1 saturated heterocycles. The van der Waals surface area contributed by atoms with E-state index in [0.717, 1.165) is 23.9 Å². The zero-order valence-electron chi connectivity index (χ0n) is 9.72. The molecule has 2 rings (SSSR count). The third kappa shape index (κ3) is 2.58. The van der Waals surface area contributed by atoms with Crippen molar-refractivity contribution < 1.29 is 9.18 Å². The van der Waals surface area contributed by atoms with E-state index in [-0.39, 0.29) is 11.3 Å². The number of hydrogen-bond acceptors (Lipinski definition) is 2. The van der Waals surface area contributed by atoms with E-state index in [1.165, 1.54) is 6.07 Å². The van der Waals surface area contributed by atoms with E-state index >= 15 is 0 Å². The van der Waals surface area contributed by atoms with Gasteiger partial charge in [-0.15, -0.1) is 0 Å². The predicted molar refractivity (Wildman–Crippen MR) is 68.6 cm³/mol. The van der Waals surface area contributed by atoms with Crippen LogP contribution in [0.1, 0.15) is 30.1 Å². The molecule has 17 heavy (non-hydrogen) atoms. The van der Waals surface area contributed by atoms with E-state index in [9.17, 15) is 9.18 Å². The smallest absolute Gasteiger partial charge is 0.172 e. The second kappa shape index (κ2) is 4.86. The lowest BCUT2D eigenvalue weighted by atomic mass is 9.76. The molecule has 1 aliphatic rings. The highest BCUT2D eigenvalue weighted by atomic mass is 79.9. The van der Waals surface area contributed by atoms with Crippen LogP contribution in [-0.2, 0) is 0 Å². The molecule has 0 spiro atoms. The summed E-state index contributed by atoms with van der Waals surface area (Å²) < 4.78 is 14.4. The number of piperidine rings is 1. The molecule has 0 amide bonds. The van der Waals surface area contributed by atoms with Crippen LogP contribution >= 0.6 is 15.9 Å². The van der Waals surface area contributed by atoms with Gasteiger partial charge in [0.05, 0.1) is 5.56 Å². The van der Waals surface area contributed by atoms with Gasteiger partial charge < -0.3 is 5.32 Å². The highest BCUT2D eigenvalue weighted by Gasteiger charge is 2.36. The van der Waals surface area contributed by atoms with Crippen molar-refractivity contribution in [3.63, 3.8) is 0 Å². The van der Waals surface area contributed by atoms with Gasteiger partial charge in [0.1, 0.15) is 5.82 Å². The van der Waals surface area contributed by atoms with Crippen LogP contribution in [0.3, 0.4) is 0 Å². The predicted octanol–water partition coefficient (Wildman–Crippen LogP) is 3.16. The second-order valence-corrected chi connectivity index (χ2v) is 5.71. The van der Waals surface area contributed by atoms with Gasteiger partial charge in [-0.25, -0.2) is 4.39 Å². The van der Waals surface area contributed by atoms with Crippen molar-refractivity contribution in [1.82, 2.24) is 5.32 Å². The maximum Gasteiger partial charge on any atom is 0.172 e. The first-order valence-corrected chi connectivity index (χ1v) is 6.53. The number of carbonyl (C=O) groups is 1. The van der Waals surface area contributed by atoms with Crippen molar-refractivity contribution in [2.75, 3.05) is 13.1 Å². The Kier molecular flexibility index (Phi) is 3.64. The summed E-state index contributed by atoms with van der Waals surface area (Å²) in [5, 5.41) is 3.21.